The number of benzene rings is 1. The Kier molecular flexibility index (Phi) is 2.60. The van der Waals surface area contributed by atoms with Crippen molar-refractivity contribution in [3.8, 4) is 0 Å². The van der Waals surface area contributed by atoms with Gasteiger partial charge < -0.3 is 0 Å². The van der Waals surface area contributed by atoms with Crippen molar-refractivity contribution in [1.29, 1.82) is 0 Å². The lowest BCUT2D eigenvalue weighted by Crippen LogP contribution is -2.32. The van der Waals surface area contributed by atoms with Gasteiger partial charge in [-0.25, -0.2) is 0 Å². The van der Waals surface area contributed by atoms with E-state index in [1.54, 1.807) is 5.56 Å². The first-order chi connectivity index (χ1) is 6.70. The molecule has 1 atom stereocenters. The van der Waals surface area contributed by atoms with Crippen molar-refractivity contribution >= 4 is 0 Å². The molecule has 1 aliphatic heterocycles. The van der Waals surface area contributed by atoms with Gasteiger partial charge in [0.1, 0.15) is 0 Å². The van der Waals surface area contributed by atoms with Gasteiger partial charge in [0.25, 0.3) is 0 Å². The minimum Gasteiger partial charge on any atom is -0.299 e. The summed E-state index contributed by atoms with van der Waals surface area (Å²) >= 11 is 0. The van der Waals surface area contributed by atoms with E-state index in [-0.39, 0.29) is 0 Å². The van der Waals surface area contributed by atoms with E-state index in [2.05, 4.69) is 43.9 Å². The quantitative estimate of drug-likeness (QED) is 0.656. The number of likely N-dealkylation sites (N-methyl/N-ethyl adjacent to an activating group) is 1. The van der Waals surface area contributed by atoms with Gasteiger partial charge in [-0.1, -0.05) is 37.6 Å². The van der Waals surface area contributed by atoms with E-state index < -0.39 is 0 Å². The lowest BCUT2D eigenvalue weighted by atomic mass is 9.90. The van der Waals surface area contributed by atoms with Crippen LogP contribution in [-0.4, -0.2) is 18.0 Å². The van der Waals surface area contributed by atoms with Crippen LogP contribution in [0.25, 0.3) is 0 Å². The van der Waals surface area contributed by atoms with Gasteiger partial charge in [0.2, 0.25) is 0 Å². The molecule has 0 saturated carbocycles. The normalized spacial score (nSPS) is 22.1. The van der Waals surface area contributed by atoms with Crippen LogP contribution in [0, 0.1) is 6.92 Å². The van der Waals surface area contributed by atoms with Crippen molar-refractivity contribution in [3.05, 3.63) is 34.9 Å². The Morgan fingerprint density at radius 3 is 2.93 bits per heavy atom. The summed E-state index contributed by atoms with van der Waals surface area (Å²) in [5, 5.41) is 0. The maximum absolute atomic E-state index is 2.52. The maximum atomic E-state index is 2.52. The second-order valence-corrected chi connectivity index (χ2v) is 4.43. The Balaban J connectivity index is 2.35. The first kappa shape index (κ1) is 9.72. The number of hydrogen-bond donors (Lipinski definition) is 0. The first-order valence-corrected chi connectivity index (χ1v) is 5.52. The minimum absolute atomic E-state index is 0.694. The molecule has 1 aromatic carbocycles. The van der Waals surface area contributed by atoms with E-state index in [4.69, 9.17) is 0 Å². The molecule has 0 fully saturated rings. The molecule has 0 spiro atoms. The Morgan fingerprint density at radius 2 is 2.21 bits per heavy atom. The summed E-state index contributed by atoms with van der Waals surface area (Å²) in [6.07, 6.45) is 0. The summed E-state index contributed by atoms with van der Waals surface area (Å²) in [6, 6.07) is 6.88. The van der Waals surface area contributed by atoms with Gasteiger partial charge in [0.15, 0.2) is 0 Å². The van der Waals surface area contributed by atoms with Gasteiger partial charge in [-0.2, -0.15) is 0 Å². The van der Waals surface area contributed by atoms with Crippen molar-refractivity contribution < 1.29 is 0 Å². The monoisotopic (exact) mass is 189 g/mol. The molecule has 0 aliphatic carbocycles. The van der Waals surface area contributed by atoms with Crippen molar-refractivity contribution in [2.75, 3.05) is 13.1 Å². The van der Waals surface area contributed by atoms with E-state index in [0.29, 0.717) is 5.92 Å². The predicted octanol–water partition coefficient (Wildman–Crippen LogP) is 2.93. The van der Waals surface area contributed by atoms with E-state index in [1.165, 1.54) is 17.7 Å². The van der Waals surface area contributed by atoms with E-state index in [9.17, 15) is 0 Å². The summed E-state index contributed by atoms with van der Waals surface area (Å²) in [7, 11) is 0. The van der Waals surface area contributed by atoms with Crippen molar-refractivity contribution in [2.45, 2.75) is 33.2 Å². The molecule has 0 saturated heterocycles. The average Bonchev–Trinajstić information content (AvgIpc) is 2.16. The molecule has 0 bridgehead atoms. The molecular formula is C13H19N. The minimum atomic E-state index is 0.694. The summed E-state index contributed by atoms with van der Waals surface area (Å²) in [6.45, 7) is 10.3. The Morgan fingerprint density at radius 1 is 1.43 bits per heavy atom. The summed E-state index contributed by atoms with van der Waals surface area (Å²) in [5.41, 5.74) is 4.47. The largest absolute Gasteiger partial charge is 0.299 e. The fourth-order valence-corrected chi connectivity index (χ4v) is 2.38. The molecule has 1 heterocycles. The maximum Gasteiger partial charge on any atom is 0.0236 e. The fraction of sp³-hybridized carbons (Fsp3) is 0.538. The second kappa shape index (κ2) is 3.74. The number of aryl methyl sites for hydroxylation is 1. The molecule has 1 aromatic rings. The number of fused-ring (bicyclic) bond motifs is 1. The van der Waals surface area contributed by atoms with E-state index in [0.717, 1.165) is 13.1 Å². The van der Waals surface area contributed by atoms with Crippen LogP contribution in [0.4, 0.5) is 0 Å². The van der Waals surface area contributed by atoms with Crippen LogP contribution < -0.4 is 0 Å². The van der Waals surface area contributed by atoms with Gasteiger partial charge in [-0.15, -0.1) is 0 Å². The molecule has 1 heteroatoms. The molecule has 0 unspecified atom stereocenters. The standard InChI is InChI=1S/C13H19N/c1-4-14-8-11(3)13-6-5-10(2)7-12(13)9-14/h5-7,11H,4,8-9H2,1-3H3/t11-/m0/s1. The molecule has 2 rings (SSSR count). The fourth-order valence-electron chi connectivity index (χ4n) is 2.38. The van der Waals surface area contributed by atoms with Gasteiger partial charge in [-0.3, -0.25) is 4.90 Å². The number of hydrogen-bond acceptors (Lipinski definition) is 1. The summed E-state index contributed by atoms with van der Waals surface area (Å²) < 4.78 is 0. The van der Waals surface area contributed by atoms with Crippen molar-refractivity contribution in [1.82, 2.24) is 4.90 Å². The van der Waals surface area contributed by atoms with Crippen molar-refractivity contribution in [3.63, 3.8) is 0 Å². The Labute approximate surface area is 86.7 Å². The third-order valence-electron chi connectivity index (χ3n) is 3.20. The predicted molar refractivity (Wildman–Crippen MR) is 60.5 cm³/mol. The third kappa shape index (κ3) is 1.69. The highest BCUT2D eigenvalue weighted by molar-refractivity contribution is 5.35. The Hall–Kier alpha value is -0.820. The van der Waals surface area contributed by atoms with Gasteiger partial charge >= 0.3 is 0 Å². The van der Waals surface area contributed by atoms with Gasteiger partial charge in [0, 0.05) is 13.1 Å². The smallest absolute Gasteiger partial charge is 0.0236 e. The van der Waals surface area contributed by atoms with Crippen LogP contribution in [0.2, 0.25) is 0 Å². The lowest BCUT2D eigenvalue weighted by Gasteiger charge is -2.32. The molecule has 0 N–H and O–H groups in total. The SMILES string of the molecule is CCN1Cc2cc(C)ccc2[C@@H](C)C1. The highest BCUT2D eigenvalue weighted by atomic mass is 15.1. The molecule has 0 radical (unpaired) electrons. The van der Waals surface area contributed by atoms with Crippen LogP contribution in [0.3, 0.4) is 0 Å². The average molecular weight is 189 g/mol. The molecule has 0 amide bonds. The number of nitrogens with zero attached hydrogens (tertiary/aromatic N) is 1. The highest BCUT2D eigenvalue weighted by Crippen LogP contribution is 2.28. The topological polar surface area (TPSA) is 3.24 Å². The zero-order valence-electron chi connectivity index (χ0n) is 9.38. The molecule has 14 heavy (non-hydrogen) atoms. The summed E-state index contributed by atoms with van der Waals surface area (Å²) in [4.78, 5) is 2.52. The summed E-state index contributed by atoms with van der Waals surface area (Å²) in [5.74, 6) is 0.694. The van der Waals surface area contributed by atoms with Crippen LogP contribution >= 0.6 is 0 Å². The zero-order chi connectivity index (χ0) is 10.1. The Bertz CT molecular complexity index is 330. The van der Waals surface area contributed by atoms with Crippen molar-refractivity contribution in [2.24, 2.45) is 0 Å². The van der Waals surface area contributed by atoms with Crippen LogP contribution in [-0.2, 0) is 6.54 Å². The van der Waals surface area contributed by atoms with E-state index >= 15 is 0 Å². The molecule has 76 valence electrons. The van der Waals surface area contributed by atoms with Crippen LogP contribution in [0.5, 0.6) is 0 Å². The first-order valence-electron chi connectivity index (χ1n) is 5.52. The molecular weight excluding hydrogens is 170 g/mol. The number of rotatable bonds is 1. The zero-order valence-corrected chi connectivity index (χ0v) is 9.38. The second-order valence-electron chi connectivity index (χ2n) is 4.43. The molecule has 0 aromatic heterocycles. The van der Waals surface area contributed by atoms with E-state index in [1.807, 2.05) is 0 Å². The highest BCUT2D eigenvalue weighted by Gasteiger charge is 2.20. The van der Waals surface area contributed by atoms with Gasteiger partial charge in [-0.05, 0) is 30.5 Å². The lowest BCUT2D eigenvalue weighted by molar-refractivity contribution is 0.247. The third-order valence-corrected chi connectivity index (χ3v) is 3.20. The van der Waals surface area contributed by atoms with Crippen LogP contribution in [0.15, 0.2) is 18.2 Å². The molecule has 1 aliphatic rings. The van der Waals surface area contributed by atoms with Crippen LogP contribution in [0.1, 0.15) is 36.5 Å². The van der Waals surface area contributed by atoms with Gasteiger partial charge in [0.05, 0.1) is 0 Å². The molecule has 1 nitrogen and oxygen atoms in total.